The summed E-state index contributed by atoms with van der Waals surface area (Å²) in [6.45, 7) is 7.95. The molecule has 1 aromatic carbocycles. The van der Waals surface area contributed by atoms with Crippen molar-refractivity contribution in [1.29, 1.82) is 0 Å². The molecule has 2 amide bonds. The van der Waals surface area contributed by atoms with Crippen LogP contribution in [-0.4, -0.2) is 64.6 Å². The average molecular weight is 383 g/mol. The van der Waals surface area contributed by atoms with Gasteiger partial charge in [-0.2, -0.15) is 0 Å². The van der Waals surface area contributed by atoms with E-state index in [1.54, 1.807) is 29.0 Å². The molecule has 28 heavy (non-hydrogen) atoms. The first kappa shape index (κ1) is 19.6. The summed E-state index contributed by atoms with van der Waals surface area (Å²) in [6.07, 6.45) is 1.23. The van der Waals surface area contributed by atoms with Crippen LogP contribution in [0.5, 0.6) is 0 Å². The molecule has 1 saturated heterocycles. The molecular formula is C20H25N5O3. The highest BCUT2D eigenvalue weighted by molar-refractivity contribution is 5.92. The zero-order valence-corrected chi connectivity index (χ0v) is 16.4. The summed E-state index contributed by atoms with van der Waals surface area (Å²) in [7, 11) is 0. The molecule has 1 aliphatic heterocycles. The Hall–Kier alpha value is -3.16. The molecule has 1 aromatic heterocycles. The smallest absolute Gasteiger partial charge is 0.409 e. The van der Waals surface area contributed by atoms with Crippen LogP contribution < -0.4 is 5.32 Å². The molecular weight excluding hydrogens is 358 g/mol. The van der Waals surface area contributed by atoms with Crippen LogP contribution in [0.4, 0.5) is 16.4 Å². The van der Waals surface area contributed by atoms with Crippen molar-refractivity contribution in [2.75, 3.05) is 38.1 Å². The van der Waals surface area contributed by atoms with Gasteiger partial charge in [-0.1, -0.05) is 17.7 Å². The first-order chi connectivity index (χ1) is 13.5. The summed E-state index contributed by atoms with van der Waals surface area (Å²) < 4.78 is 5.01. The van der Waals surface area contributed by atoms with Crippen LogP contribution >= 0.6 is 0 Å². The first-order valence-corrected chi connectivity index (χ1v) is 9.36. The topological polar surface area (TPSA) is 87.7 Å². The van der Waals surface area contributed by atoms with Crippen molar-refractivity contribution < 1.29 is 14.3 Å². The zero-order chi connectivity index (χ0) is 20.1. The number of piperazine rings is 1. The van der Waals surface area contributed by atoms with E-state index in [0.717, 1.165) is 11.3 Å². The number of carbonyl (C=O) groups is 2. The Kier molecular flexibility index (Phi) is 6.08. The number of nitrogens with zero attached hydrogens (tertiary/aromatic N) is 4. The maximum atomic E-state index is 12.8. The van der Waals surface area contributed by atoms with E-state index in [4.69, 9.17) is 4.74 Å². The molecule has 0 bridgehead atoms. The molecule has 0 unspecified atom stereocenters. The Bertz CT molecular complexity index is 863. The number of aryl methyl sites for hydroxylation is 2. The lowest BCUT2D eigenvalue weighted by molar-refractivity contribution is 0.0566. The third kappa shape index (κ3) is 4.57. The molecule has 8 nitrogen and oxygen atoms in total. The molecule has 148 valence electrons. The van der Waals surface area contributed by atoms with E-state index >= 15 is 0 Å². The molecule has 0 spiro atoms. The van der Waals surface area contributed by atoms with Gasteiger partial charge in [-0.05, 0) is 38.5 Å². The van der Waals surface area contributed by atoms with Crippen LogP contribution in [-0.2, 0) is 4.74 Å². The fourth-order valence-corrected chi connectivity index (χ4v) is 3.08. The van der Waals surface area contributed by atoms with E-state index in [1.165, 1.54) is 5.56 Å². The van der Waals surface area contributed by atoms with Crippen molar-refractivity contribution in [2.24, 2.45) is 0 Å². The van der Waals surface area contributed by atoms with Gasteiger partial charge in [-0.25, -0.2) is 14.8 Å². The van der Waals surface area contributed by atoms with Crippen LogP contribution in [0, 0.1) is 13.8 Å². The molecule has 0 radical (unpaired) electrons. The van der Waals surface area contributed by atoms with Gasteiger partial charge >= 0.3 is 6.09 Å². The van der Waals surface area contributed by atoms with Crippen molar-refractivity contribution in [3.05, 3.63) is 47.3 Å². The zero-order valence-electron chi connectivity index (χ0n) is 16.4. The molecule has 1 N–H and O–H groups in total. The molecule has 0 saturated carbocycles. The summed E-state index contributed by atoms with van der Waals surface area (Å²) in [6, 6.07) is 7.65. The average Bonchev–Trinajstić information content (AvgIpc) is 2.70. The predicted octanol–water partition coefficient (Wildman–Crippen LogP) is 2.75. The van der Waals surface area contributed by atoms with E-state index in [2.05, 4.69) is 21.4 Å². The van der Waals surface area contributed by atoms with Crippen LogP contribution in [0.1, 0.15) is 28.5 Å². The minimum Gasteiger partial charge on any atom is -0.450 e. The van der Waals surface area contributed by atoms with E-state index in [-0.39, 0.29) is 12.0 Å². The van der Waals surface area contributed by atoms with Crippen LogP contribution in [0.15, 0.2) is 30.5 Å². The molecule has 0 aliphatic carbocycles. The minimum absolute atomic E-state index is 0.172. The second-order valence-electron chi connectivity index (χ2n) is 6.69. The van der Waals surface area contributed by atoms with Crippen molar-refractivity contribution >= 4 is 23.6 Å². The fraction of sp³-hybridized carbons (Fsp3) is 0.400. The van der Waals surface area contributed by atoms with Crippen molar-refractivity contribution in [2.45, 2.75) is 20.8 Å². The Morgan fingerprint density at radius 2 is 1.82 bits per heavy atom. The largest absolute Gasteiger partial charge is 0.450 e. The summed E-state index contributed by atoms with van der Waals surface area (Å²) in [5.41, 5.74) is 3.48. The number of rotatable bonds is 4. The second kappa shape index (κ2) is 8.69. The molecule has 0 atom stereocenters. The van der Waals surface area contributed by atoms with Gasteiger partial charge in [0.15, 0.2) is 0 Å². The number of aromatic nitrogens is 2. The van der Waals surface area contributed by atoms with E-state index in [0.29, 0.717) is 44.4 Å². The lowest BCUT2D eigenvalue weighted by Gasteiger charge is -2.33. The second-order valence-corrected chi connectivity index (χ2v) is 6.69. The van der Waals surface area contributed by atoms with Gasteiger partial charge in [0, 0.05) is 38.1 Å². The maximum Gasteiger partial charge on any atom is 0.409 e. The standard InChI is InChI=1S/C20H25N5O3/c1-4-28-20(27)25-11-9-24(10-12-25)18(26)17-7-8-21-19(23-17)22-16-6-5-14(2)13-15(16)3/h5-8,13H,4,9-12H2,1-3H3,(H,21,22,23). The summed E-state index contributed by atoms with van der Waals surface area (Å²) in [4.78, 5) is 36.5. The Labute approximate surface area is 164 Å². The van der Waals surface area contributed by atoms with Crippen molar-refractivity contribution in [1.82, 2.24) is 19.8 Å². The Balaban J connectivity index is 1.65. The van der Waals surface area contributed by atoms with Crippen LogP contribution in [0.2, 0.25) is 0 Å². The highest BCUT2D eigenvalue weighted by Gasteiger charge is 2.26. The van der Waals surface area contributed by atoms with Crippen molar-refractivity contribution in [3.63, 3.8) is 0 Å². The fourth-order valence-electron chi connectivity index (χ4n) is 3.08. The first-order valence-electron chi connectivity index (χ1n) is 9.36. The Morgan fingerprint density at radius 3 is 2.50 bits per heavy atom. The summed E-state index contributed by atoms with van der Waals surface area (Å²) in [5.74, 6) is 0.206. The predicted molar refractivity (Wildman–Crippen MR) is 106 cm³/mol. The van der Waals surface area contributed by atoms with Crippen LogP contribution in [0.3, 0.4) is 0 Å². The molecule has 2 aromatic rings. The maximum absolute atomic E-state index is 12.8. The molecule has 1 aliphatic rings. The van der Waals surface area contributed by atoms with E-state index in [9.17, 15) is 9.59 Å². The lowest BCUT2D eigenvalue weighted by atomic mass is 10.1. The van der Waals surface area contributed by atoms with Crippen molar-refractivity contribution in [3.8, 4) is 0 Å². The number of amides is 2. The third-order valence-electron chi connectivity index (χ3n) is 4.60. The van der Waals surface area contributed by atoms with Gasteiger partial charge in [0.05, 0.1) is 6.61 Å². The summed E-state index contributed by atoms with van der Waals surface area (Å²) >= 11 is 0. The number of hydrogen-bond donors (Lipinski definition) is 1. The van der Waals surface area contributed by atoms with E-state index < -0.39 is 0 Å². The monoisotopic (exact) mass is 383 g/mol. The SMILES string of the molecule is CCOC(=O)N1CCN(C(=O)c2ccnc(Nc3ccc(C)cc3C)n2)CC1. The Morgan fingerprint density at radius 1 is 1.11 bits per heavy atom. The number of ether oxygens (including phenoxy) is 1. The van der Waals surface area contributed by atoms with Crippen LogP contribution in [0.25, 0.3) is 0 Å². The molecule has 2 heterocycles. The van der Waals surface area contributed by atoms with Gasteiger partial charge in [-0.15, -0.1) is 0 Å². The number of hydrogen-bond acceptors (Lipinski definition) is 6. The van der Waals surface area contributed by atoms with E-state index in [1.807, 2.05) is 26.0 Å². The normalized spacial score (nSPS) is 14.0. The van der Waals surface area contributed by atoms with Gasteiger partial charge in [0.1, 0.15) is 5.69 Å². The number of nitrogens with one attached hydrogen (secondary N) is 1. The quantitative estimate of drug-likeness (QED) is 0.873. The van der Waals surface area contributed by atoms with Gasteiger partial charge in [0.2, 0.25) is 5.95 Å². The number of anilines is 2. The highest BCUT2D eigenvalue weighted by Crippen LogP contribution is 2.19. The lowest BCUT2D eigenvalue weighted by Crippen LogP contribution is -2.50. The van der Waals surface area contributed by atoms with Gasteiger partial charge in [0.25, 0.3) is 5.91 Å². The molecule has 3 rings (SSSR count). The highest BCUT2D eigenvalue weighted by atomic mass is 16.6. The molecule has 1 fully saturated rings. The minimum atomic E-state index is -0.336. The van der Waals surface area contributed by atoms with Gasteiger partial charge in [-0.3, -0.25) is 4.79 Å². The number of benzene rings is 1. The van der Waals surface area contributed by atoms with Gasteiger partial charge < -0.3 is 19.9 Å². The third-order valence-corrected chi connectivity index (χ3v) is 4.60. The molecule has 8 heteroatoms. The number of carbonyl (C=O) groups excluding carboxylic acids is 2. The summed E-state index contributed by atoms with van der Waals surface area (Å²) in [5, 5.41) is 3.17.